The SMILES string of the molecule is COc1ncccc1C1CCN(C(=O)c2c(Cl)cnn2C)C1. The minimum absolute atomic E-state index is 0.0876. The van der Waals surface area contributed by atoms with Crippen LogP contribution in [-0.2, 0) is 7.05 Å². The van der Waals surface area contributed by atoms with Crippen LogP contribution in [0.4, 0.5) is 0 Å². The molecule has 6 nitrogen and oxygen atoms in total. The van der Waals surface area contributed by atoms with Crippen molar-refractivity contribution in [3.8, 4) is 5.88 Å². The number of aryl methyl sites for hydroxylation is 1. The average Bonchev–Trinajstić information content (AvgIpc) is 3.14. The standard InChI is InChI=1S/C15H17ClN4O2/c1-19-13(12(16)8-18-19)15(21)20-7-5-10(9-20)11-4-3-6-17-14(11)22-2/h3-4,6,8,10H,5,7,9H2,1-2H3. The minimum atomic E-state index is -0.0876. The fourth-order valence-electron chi connectivity index (χ4n) is 2.88. The maximum absolute atomic E-state index is 12.6. The molecule has 2 aromatic heterocycles. The fraction of sp³-hybridized carbons (Fsp3) is 0.400. The molecule has 1 saturated heterocycles. The largest absolute Gasteiger partial charge is 0.481 e. The zero-order chi connectivity index (χ0) is 15.7. The molecule has 1 aliphatic rings. The summed E-state index contributed by atoms with van der Waals surface area (Å²) in [6.07, 6.45) is 4.07. The molecule has 7 heteroatoms. The van der Waals surface area contributed by atoms with Gasteiger partial charge in [-0.15, -0.1) is 0 Å². The maximum atomic E-state index is 12.6. The van der Waals surface area contributed by atoms with Gasteiger partial charge >= 0.3 is 0 Å². The van der Waals surface area contributed by atoms with E-state index in [-0.39, 0.29) is 11.8 Å². The van der Waals surface area contributed by atoms with Gasteiger partial charge in [0.2, 0.25) is 5.88 Å². The number of amides is 1. The molecule has 22 heavy (non-hydrogen) atoms. The molecule has 3 heterocycles. The van der Waals surface area contributed by atoms with Gasteiger partial charge in [-0.2, -0.15) is 5.10 Å². The number of aromatic nitrogens is 3. The fourth-order valence-corrected chi connectivity index (χ4v) is 3.13. The Morgan fingerprint density at radius 1 is 1.50 bits per heavy atom. The molecule has 0 spiro atoms. The van der Waals surface area contributed by atoms with Crippen LogP contribution in [0.5, 0.6) is 5.88 Å². The summed E-state index contributed by atoms with van der Waals surface area (Å²) in [5.74, 6) is 0.760. The minimum Gasteiger partial charge on any atom is -0.481 e. The van der Waals surface area contributed by atoms with Crippen LogP contribution >= 0.6 is 11.6 Å². The molecule has 1 amide bonds. The van der Waals surface area contributed by atoms with E-state index >= 15 is 0 Å². The molecule has 1 atom stereocenters. The van der Waals surface area contributed by atoms with E-state index in [4.69, 9.17) is 16.3 Å². The highest BCUT2D eigenvalue weighted by atomic mass is 35.5. The first-order valence-corrected chi connectivity index (χ1v) is 7.45. The lowest BCUT2D eigenvalue weighted by Gasteiger charge is -2.17. The van der Waals surface area contributed by atoms with Gasteiger partial charge in [-0.3, -0.25) is 9.48 Å². The Morgan fingerprint density at radius 2 is 2.32 bits per heavy atom. The number of rotatable bonds is 3. The van der Waals surface area contributed by atoms with Gasteiger partial charge in [0, 0.05) is 37.8 Å². The number of hydrogen-bond donors (Lipinski definition) is 0. The lowest BCUT2D eigenvalue weighted by molar-refractivity contribution is 0.0780. The quantitative estimate of drug-likeness (QED) is 0.869. The summed E-state index contributed by atoms with van der Waals surface area (Å²) in [5.41, 5.74) is 1.47. The van der Waals surface area contributed by atoms with Crippen molar-refractivity contribution in [3.05, 3.63) is 40.8 Å². The van der Waals surface area contributed by atoms with Crippen molar-refractivity contribution in [1.29, 1.82) is 0 Å². The lowest BCUT2D eigenvalue weighted by atomic mass is 10.00. The molecule has 0 N–H and O–H groups in total. The van der Waals surface area contributed by atoms with E-state index in [1.807, 2.05) is 12.1 Å². The van der Waals surface area contributed by atoms with Crippen LogP contribution in [0.25, 0.3) is 0 Å². The zero-order valence-electron chi connectivity index (χ0n) is 12.5. The Bertz CT molecular complexity index is 681. The third-order valence-electron chi connectivity index (χ3n) is 4.01. The zero-order valence-corrected chi connectivity index (χ0v) is 13.2. The molecule has 0 bridgehead atoms. The molecule has 0 saturated carbocycles. The number of likely N-dealkylation sites (tertiary alicyclic amines) is 1. The average molecular weight is 321 g/mol. The number of carbonyl (C=O) groups excluding carboxylic acids is 1. The molecule has 0 aromatic carbocycles. The van der Waals surface area contributed by atoms with Crippen LogP contribution in [0.15, 0.2) is 24.5 Å². The number of hydrogen-bond acceptors (Lipinski definition) is 4. The van der Waals surface area contributed by atoms with Gasteiger partial charge in [0.1, 0.15) is 5.69 Å². The van der Waals surface area contributed by atoms with E-state index in [2.05, 4.69) is 10.1 Å². The monoisotopic (exact) mass is 320 g/mol. The van der Waals surface area contributed by atoms with E-state index < -0.39 is 0 Å². The van der Waals surface area contributed by atoms with Crippen LogP contribution in [0.3, 0.4) is 0 Å². The Balaban J connectivity index is 1.79. The van der Waals surface area contributed by atoms with Crippen LogP contribution in [-0.4, -0.2) is 45.8 Å². The molecule has 3 rings (SSSR count). The van der Waals surface area contributed by atoms with Gasteiger partial charge in [-0.1, -0.05) is 17.7 Å². The summed E-state index contributed by atoms with van der Waals surface area (Å²) in [6, 6.07) is 3.89. The third-order valence-corrected chi connectivity index (χ3v) is 4.28. The summed E-state index contributed by atoms with van der Waals surface area (Å²) in [4.78, 5) is 18.6. The van der Waals surface area contributed by atoms with Gasteiger partial charge in [0.15, 0.2) is 0 Å². The van der Waals surface area contributed by atoms with Crippen molar-refractivity contribution >= 4 is 17.5 Å². The lowest BCUT2D eigenvalue weighted by Crippen LogP contribution is -2.30. The van der Waals surface area contributed by atoms with Crippen LogP contribution < -0.4 is 4.74 Å². The smallest absolute Gasteiger partial charge is 0.273 e. The molecule has 2 aromatic rings. The van der Waals surface area contributed by atoms with Gasteiger partial charge < -0.3 is 9.64 Å². The van der Waals surface area contributed by atoms with E-state index in [1.165, 1.54) is 10.9 Å². The number of nitrogens with zero attached hydrogens (tertiary/aromatic N) is 4. The Kier molecular flexibility index (Phi) is 4.02. The number of ether oxygens (including phenoxy) is 1. The molecule has 1 aliphatic heterocycles. The van der Waals surface area contributed by atoms with Gasteiger partial charge in [0.05, 0.1) is 18.3 Å². The van der Waals surface area contributed by atoms with Crippen molar-refractivity contribution in [3.63, 3.8) is 0 Å². The molecule has 1 fully saturated rings. The van der Waals surface area contributed by atoms with Gasteiger partial charge in [-0.05, 0) is 12.5 Å². The summed E-state index contributed by atoms with van der Waals surface area (Å²) in [6.45, 7) is 1.31. The number of carbonyl (C=O) groups is 1. The highest BCUT2D eigenvalue weighted by Crippen LogP contribution is 2.33. The van der Waals surface area contributed by atoms with E-state index in [1.54, 1.807) is 25.3 Å². The molecular weight excluding hydrogens is 304 g/mol. The Morgan fingerprint density at radius 3 is 3.00 bits per heavy atom. The van der Waals surface area contributed by atoms with Crippen LogP contribution in [0, 0.1) is 0 Å². The topological polar surface area (TPSA) is 60.2 Å². The summed E-state index contributed by atoms with van der Waals surface area (Å²) in [7, 11) is 3.33. The van der Waals surface area contributed by atoms with Crippen molar-refractivity contribution in [2.75, 3.05) is 20.2 Å². The first kappa shape index (κ1) is 14.8. The number of pyridine rings is 1. The second-order valence-corrected chi connectivity index (χ2v) is 5.71. The number of methoxy groups -OCH3 is 1. The number of halogens is 1. The van der Waals surface area contributed by atoms with Crippen LogP contribution in [0.2, 0.25) is 5.02 Å². The van der Waals surface area contributed by atoms with E-state index in [9.17, 15) is 4.79 Å². The third kappa shape index (κ3) is 2.54. The van der Waals surface area contributed by atoms with E-state index in [0.717, 1.165) is 12.0 Å². The summed E-state index contributed by atoms with van der Waals surface area (Å²) in [5, 5.41) is 4.40. The van der Waals surface area contributed by atoms with E-state index in [0.29, 0.717) is 29.7 Å². The maximum Gasteiger partial charge on any atom is 0.273 e. The molecular formula is C15H17ClN4O2. The summed E-state index contributed by atoms with van der Waals surface area (Å²) < 4.78 is 6.83. The van der Waals surface area contributed by atoms with Gasteiger partial charge in [0.25, 0.3) is 5.91 Å². The normalized spacial score (nSPS) is 17.8. The summed E-state index contributed by atoms with van der Waals surface area (Å²) >= 11 is 6.06. The van der Waals surface area contributed by atoms with Crippen molar-refractivity contribution in [1.82, 2.24) is 19.7 Å². The first-order chi connectivity index (χ1) is 10.6. The molecule has 1 unspecified atom stereocenters. The van der Waals surface area contributed by atoms with Crippen LogP contribution in [0.1, 0.15) is 28.4 Å². The second-order valence-electron chi connectivity index (χ2n) is 5.30. The molecule has 116 valence electrons. The highest BCUT2D eigenvalue weighted by Gasteiger charge is 2.32. The molecule has 0 aliphatic carbocycles. The van der Waals surface area contributed by atoms with Gasteiger partial charge in [-0.25, -0.2) is 4.98 Å². The Labute approximate surface area is 133 Å². The van der Waals surface area contributed by atoms with Crippen molar-refractivity contribution in [2.24, 2.45) is 7.05 Å². The van der Waals surface area contributed by atoms with Crippen molar-refractivity contribution in [2.45, 2.75) is 12.3 Å². The highest BCUT2D eigenvalue weighted by molar-refractivity contribution is 6.33. The predicted molar refractivity (Wildman–Crippen MR) is 82.3 cm³/mol. The van der Waals surface area contributed by atoms with Crippen molar-refractivity contribution < 1.29 is 9.53 Å². The first-order valence-electron chi connectivity index (χ1n) is 7.07. The predicted octanol–water partition coefficient (Wildman–Crippen LogP) is 2.11. The second kappa shape index (κ2) is 5.96. The Hall–Kier alpha value is -2.08. The molecule has 0 radical (unpaired) electrons.